The van der Waals surface area contributed by atoms with Crippen LogP contribution < -0.4 is 16.0 Å². The molecule has 0 unspecified atom stereocenters. The van der Waals surface area contributed by atoms with Gasteiger partial charge in [0, 0.05) is 17.9 Å². The minimum Gasteiger partial charge on any atom is -0.478 e. The molecular formula is C27H37FN4O4S. The molecule has 1 aromatic rings. The molecule has 0 radical (unpaired) electrons. The molecule has 37 heavy (non-hydrogen) atoms. The highest BCUT2D eigenvalue weighted by atomic mass is 32.1. The summed E-state index contributed by atoms with van der Waals surface area (Å²) in [5, 5.41) is 28.7. The maximum Gasteiger partial charge on any atom is 0.334 e. The smallest absolute Gasteiger partial charge is 0.334 e. The van der Waals surface area contributed by atoms with Crippen LogP contribution in [0.15, 0.2) is 40.7 Å². The number of nitrogens with one attached hydrogen (secondary N) is 3. The van der Waals surface area contributed by atoms with E-state index in [2.05, 4.69) is 27.8 Å². The van der Waals surface area contributed by atoms with Crippen LogP contribution in [-0.2, 0) is 9.59 Å². The summed E-state index contributed by atoms with van der Waals surface area (Å²) < 4.78 is 14.7. The number of halogens is 1. The van der Waals surface area contributed by atoms with Crippen molar-refractivity contribution in [1.82, 2.24) is 15.5 Å². The fourth-order valence-corrected chi connectivity index (χ4v) is 5.50. The van der Waals surface area contributed by atoms with E-state index in [1.807, 2.05) is 0 Å². The zero-order valence-electron chi connectivity index (χ0n) is 21.7. The lowest BCUT2D eigenvalue weighted by Gasteiger charge is -2.31. The molecule has 1 fully saturated rings. The van der Waals surface area contributed by atoms with Crippen molar-refractivity contribution in [3.63, 3.8) is 0 Å². The van der Waals surface area contributed by atoms with Gasteiger partial charge in [0.1, 0.15) is 5.82 Å². The van der Waals surface area contributed by atoms with Crippen LogP contribution in [0.25, 0.3) is 0 Å². The summed E-state index contributed by atoms with van der Waals surface area (Å²) in [4.78, 5) is 26.5. The van der Waals surface area contributed by atoms with Gasteiger partial charge in [-0.05, 0) is 88.6 Å². The Hall–Kier alpha value is -2.98. The fourth-order valence-electron chi connectivity index (χ4n) is 5.29. The molecule has 0 aromatic heterocycles. The Kier molecular flexibility index (Phi) is 10.0. The number of carboxylic acid groups (broad SMARTS) is 2. The van der Waals surface area contributed by atoms with E-state index in [4.69, 9.17) is 12.2 Å². The number of anilines is 1. The number of nitrogens with zero attached hydrogens (tertiary/aromatic N) is 1. The second kappa shape index (κ2) is 13.0. The standard InChI is InChI=1S/C27H37FN4O4S/c1-4-6-18-9-13-32(14-10-18)12-5-11-29-27(37)31-21-15-19(7-8-20(21)28)24-22(25(33)34)16(2)30-17(3)23(24)26(35)36/h7-8,15,18,24,30H,4-6,9-14H2,1-3H3,(H,33,34)(H,35,36)(H2,29,31,37). The maximum atomic E-state index is 14.7. The van der Waals surface area contributed by atoms with Crippen LogP contribution in [0.2, 0.25) is 0 Å². The molecule has 0 amide bonds. The van der Waals surface area contributed by atoms with Gasteiger partial charge in [0.25, 0.3) is 0 Å². The van der Waals surface area contributed by atoms with E-state index in [0.29, 0.717) is 23.5 Å². The van der Waals surface area contributed by atoms with E-state index in [0.717, 1.165) is 32.0 Å². The Labute approximate surface area is 223 Å². The van der Waals surface area contributed by atoms with Gasteiger partial charge in [-0.15, -0.1) is 0 Å². The van der Waals surface area contributed by atoms with Crippen LogP contribution in [0.1, 0.15) is 64.4 Å². The summed E-state index contributed by atoms with van der Waals surface area (Å²) in [5.41, 5.74) is 0.876. The van der Waals surface area contributed by atoms with E-state index in [-0.39, 0.29) is 21.9 Å². The minimum atomic E-state index is -1.24. The quantitative estimate of drug-likeness (QED) is 0.221. The van der Waals surface area contributed by atoms with Crippen LogP contribution in [0.3, 0.4) is 0 Å². The zero-order chi connectivity index (χ0) is 27.1. The molecule has 2 aliphatic rings. The molecule has 1 saturated heterocycles. The number of allylic oxidation sites excluding steroid dienone is 2. The van der Waals surface area contributed by atoms with E-state index in [9.17, 15) is 24.2 Å². The molecule has 3 rings (SSSR count). The number of carboxylic acids is 2. The third kappa shape index (κ3) is 7.29. The lowest BCUT2D eigenvalue weighted by atomic mass is 9.80. The van der Waals surface area contributed by atoms with Crippen LogP contribution in [-0.4, -0.2) is 58.3 Å². The van der Waals surface area contributed by atoms with E-state index < -0.39 is 23.7 Å². The highest BCUT2D eigenvalue weighted by Crippen LogP contribution is 2.39. The molecule has 2 aliphatic heterocycles. The molecule has 5 N–H and O–H groups in total. The first-order valence-corrected chi connectivity index (χ1v) is 13.2. The maximum absolute atomic E-state index is 14.7. The Morgan fingerprint density at radius 2 is 1.76 bits per heavy atom. The summed E-state index contributed by atoms with van der Waals surface area (Å²) in [6.07, 6.45) is 5.96. The van der Waals surface area contributed by atoms with Crippen LogP contribution >= 0.6 is 12.2 Å². The van der Waals surface area contributed by atoms with Gasteiger partial charge in [-0.3, -0.25) is 0 Å². The molecule has 0 saturated carbocycles. The molecule has 1 aromatic carbocycles. The van der Waals surface area contributed by atoms with Gasteiger partial charge < -0.3 is 31.1 Å². The predicted octanol–water partition coefficient (Wildman–Crippen LogP) is 4.42. The molecule has 2 heterocycles. The van der Waals surface area contributed by atoms with Crippen LogP contribution in [0, 0.1) is 11.7 Å². The van der Waals surface area contributed by atoms with Crippen molar-refractivity contribution in [3.8, 4) is 0 Å². The first kappa shape index (κ1) is 28.6. The SMILES string of the molecule is CCCC1CCN(CCCNC(=S)Nc2cc(C3C(C(=O)O)=C(C)NC(C)=C3C(=O)O)ccc2F)CC1. The minimum absolute atomic E-state index is 0.0521. The van der Waals surface area contributed by atoms with Gasteiger partial charge in [-0.2, -0.15) is 0 Å². The van der Waals surface area contributed by atoms with Gasteiger partial charge in [-0.25, -0.2) is 14.0 Å². The van der Waals surface area contributed by atoms with Crippen molar-refractivity contribution in [1.29, 1.82) is 0 Å². The van der Waals surface area contributed by atoms with Gasteiger partial charge in [0.05, 0.1) is 22.8 Å². The first-order valence-electron chi connectivity index (χ1n) is 12.8. The highest BCUT2D eigenvalue weighted by molar-refractivity contribution is 7.80. The van der Waals surface area contributed by atoms with Crippen molar-refractivity contribution < 1.29 is 24.2 Å². The Bertz CT molecular complexity index is 1060. The second-order valence-electron chi connectivity index (χ2n) is 9.79. The molecule has 10 heteroatoms. The van der Waals surface area contributed by atoms with Crippen molar-refractivity contribution in [3.05, 3.63) is 52.1 Å². The van der Waals surface area contributed by atoms with Gasteiger partial charge in [-0.1, -0.05) is 25.8 Å². The van der Waals surface area contributed by atoms with Crippen molar-refractivity contribution in [2.24, 2.45) is 5.92 Å². The number of aliphatic carboxylic acids is 2. The fraction of sp³-hybridized carbons (Fsp3) is 0.519. The number of hydrogen-bond donors (Lipinski definition) is 5. The number of rotatable bonds is 10. The normalized spacial score (nSPS) is 17.5. The second-order valence-corrected chi connectivity index (χ2v) is 10.2. The molecule has 0 spiro atoms. The summed E-state index contributed by atoms with van der Waals surface area (Å²) in [6, 6.07) is 4.02. The Morgan fingerprint density at radius 1 is 1.14 bits per heavy atom. The molecule has 8 nitrogen and oxygen atoms in total. The predicted molar refractivity (Wildman–Crippen MR) is 146 cm³/mol. The van der Waals surface area contributed by atoms with Gasteiger partial charge >= 0.3 is 11.9 Å². The third-order valence-corrected chi connectivity index (χ3v) is 7.38. The largest absolute Gasteiger partial charge is 0.478 e. The average molecular weight is 533 g/mol. The van der Waals surface area contributed by atoms with Crippen LogP contribution in [0.4, 0.5) is 10.1 Å². The first-order chi connectivity index (χ1) is 17.6. The number of benzene rings is 1. The monoisotopic (exact) mass is 532 g/mol. The molecule has 0 bridgehead atoms. The number of dihydropyridines is 1. The Morgan fingerprint density at radius 3 is 2.32 bits per heavy atom. The van der Waals surface area contributed by atoms with Crippen LogP contribution in [0.5, 0.6) is 0 Å². The van der Waals surface area contributed by atoms with E-state index in [1.54, 1.807) is 13.8 Å². The number of hydrogen-bond acceptors (Lipinski definition) is 5. The molecule has 0 atom stereocenters. The number of likely N-dealkylation sites (tertiary alicyclic amines) is 1. The molecule has 202 valence electrons. The number of thiocarbonyl (C=S) groups is 1. The van der Waals surface area contributed by atoms with E-state index >= 15 is 0 Å². The zero-order valence-corrected chi connectivity index (χ0v) is 22.5. The molecular weight excluding hydrogens is 495 g/mol. The summed E-state index contributed by atoms with van der Waals surface area (Å²) in [6.45, 7) is 9.25. The number of carbonyl (C=O) groups is 2. The average Bonchev–Trinajstić information content (AvgIpc) is 2.83. The third-order valence-electron chi connectivity index (χ3n) is 7.13. The van der Waals surface area contributed by atoms with Crippen molar-refractivity contribution in [2.45, 2.75) is 58.8 Å². The van der Waals surface area contributed by atoms with Gasteiger partial charge in [0.15, 0.2) is 5.11 Å². The summed E-state index contributed by atoms with van der Waals surface area (Å²) in [7, 11) is 0. The van der Waals surface area contributed by atoms with Gasteiger partial charge in [0.2, 0.25) is 0 Å². The highest BCUT2D eigenvalue weighted by Gasteiger charge is 2.36. The van der Waals surface area contributed by atoms with Crippen molar-refractivity contribution in [2.75, 3.05) is 31.5 Å². The number of piperidine rings is 1. The summed E-state index contributed by atoms with van der Waals surface area (Å²) >= 11 is 5.36. The van der Waals surface area contributed by atoms with E-state index in [1.165, 1.54) is 43.9 Å². The van der Waals surface area contributed by atoms with Crippen molar-refractivity contribution >= 4 is 35.0 Å². The summed E-state index contributed by atoms with van der Waals surface area (Å²) in [5.74, 6) is -3.28. The lowest BCUT2D eigenvalue weighted by molar-refractivity contribution is -0.133. The lowest BCUT2D eigenvalue weighted by Crippen LogP contribution is -2.36. The topological polar surface area (TPSA) is 114 Å². The molecule has 0 aliphatic carbocycles. The Balaban J connectivity index is 1.63.